The summed E-state index contributed by atoms with van der Waals surface area (Å²) in [5.41, 5.74) is 0.431. The lowest BCUT2D eigenvalue weighted by molar-refractivity contribution is -0.138. The van der Waals surface area contributed by atoms with Crippen LogP contribution in [0.2, 0.25) is 0 Å². The lowest BCUT2D eigenvalue weighted by atomic mass is 9.72. The molecule has 1 amide bonds. The Morgan fingerprint density at radius 3 is 2.22 bits per heavy atom. The van der Waals surface area contributed by atoms with Crippen molar-refractivity contribution in [3.63, 3.8) is 0 Å². The molecule has 2 rings (SSSR count). The van der Waals surface area contributed by atoms with E-state index in [2.05, 4.69) is 13.8 Å². The summed E-state index contributed by atoms with van der Waals surface area (Å²) in [7, 11) is 0. The van der Waals surface area contributed by atoms with Gasteiger partial charge in [-0.1, -0.05) is 13.8 Å². The van der Waals surface area contributed by atoms with E-state index < -0.39 is 0 Å². The SMILES string of the molecule is CC1(C)CCC(C(=O)N2CCC(CO)CC2)CC1. The quantitative estimate of drug-likeness (QED) is 0.821. The van der Waals surface area contributed by atoms with Gasteiger partial charge in [0.1, 0.15) is 0 Å². The van der Waals surface area contributed by atoms with E-state index >= 15 is 0 Å². The minimum Gasteiger partial charge on any atom is -0.396 e. The first-order chi connectivity index (χ1) is 8.52. The van der Waals surface area contributed by atoms with Crippen LogP contribution in [0.4, 0.5) is 0 Å². The molecule has 1 heterocycles. The van der Waals surface area contributed by atoms with Crippen LogP contribution in [0.1, 0.15) is 52.4 Å². The average Bonchev–Trinajstić information content (AvgIpc) is 2.38. The van der Waals surface area contributed by atoms with Gasteiger partial charge in [-0.2, -0.15) is 0 Å². The Kier molecular flexibility index (Phi) is 4.31. The predicted molar refractivity (Wildman–Crippen MR) is 72.1 cm³/mol. The summed E-state index contributed by atoms with van der Waals surface area (Å²) in [6, 6.07) is 0. The topological polar surface area (TPSA) is 40.5 Å². The number of hydrogen-bond acceptors (Lipinski definition) is 2. The van der Waals surface area contributed by atoms with Crippen LogP contribution in [0.15, 0.2) is 0 Å². The highest BCUT2D eigenvalue weighted by Crippen LogP contribution is 2.38. The molecule has 3 nitrogen and oxygen atoms in total. The van der Waals surface area contributed by atoms with Crippen molar-refractivity contribution in [2.45, 2.75) is 52.4 Å². The molecule has 1 saturated heterocycles. The number of carbonyl (C=O) groups is 1. The Hall–Kier alpha value is -0.570. The Morgan fingerprint density at radius 2 is 1.72 bits per heavy atom. The van der Waals surface area contributed by atoms with Crippen LogP contribution < -0.4 is 0 Å². The monoisotopic (exact) mass is 253 g/mol. The van der Waals surface area contributed by atoms with Crippen molar-refractivity contribution in [3.8, 4) is 0 Å². The molecule has 2 fully saturated rings. The highest BCUT2D eigenvalue weighted by molar-refractivity contribution is 5.79. The molecule has 2 aliphatic rings. The van der Waals surface area contributed by atoms with Gasteiger partial charge in [0.2, 0.25) is 5.91 Å². The Balaban J connectivity index is 1.82. The zero-order valence-corrected chi connectivity index (χ0v) is 11.8. The minimum absolute atomic E-state index is 0.267. The molecule has 0 aromatic carbocycles. The molecule has 0 atom stereocenters. The lowest BCUT2D eigenvalue weighted by Gasteiger charge is -2.38. The standard InChI is InChI=1S/C15H27NO2/c1-15(2)7-3-13(4-8-15)14(18)16-9-5-12(11-17)6-10-16/h12-13,17H,3-11H2,1-2H3. The number of rotatable bonds is 2. The molecule has 1 aliphatic heterocycles. The molecule has 1 saturated carbocycles. The fourth-order valence-corrected chi connectivity index (χ4v) is 3.24. The molecule has 0 radical (unpaired) electrons. The smallest absolute Gasteiger partial charge is 0.225 e. The van der Waals surface area contributed by atoms with Gasteiger partial charge in [-0.25, -0.2) is 0 Å². The third kappa shape index (κ3) is 3.25. The molecular weight excluding hydrogens is 226 g/mol. The first-order valence-corrected chi connectivity index (χ1v) is 7.41. The highest BCUT2D eigenvalue weighted by Gasteiger charge is 2.33. The third-order valence-corrected chi connectivity index (χ3v) is 4.87. The summed E-state index contributed by atoms with van der Waals surface area (Å²) in [4.78, 5) is 14.5. The van der Waals surface area contributed by atoms with E-state index in [1.54, 1.807) is 0 Å². The number of piperidine rings is 1. The molecule has 3 heteroatoms. The Bertz CT molecular complexity index is 283. The number of likely N-dealkylation sites (tertiary alicyclic amines) is 1. The van der Waals surface area contributed by atoms with Crippen molar-refractivity contribution in [2.24, 2.45) is 17.3 Å². The largest absolute Gasteiger partial charge is 0.396 e. The van der Waals surface area contributed by atoms with Gasteiger partial charge in [0, 0.05) is 25.6 Å². The van der Waals surface area contributed by atoms with Gasteiger partial charge in [0.15, 0.2) is 0 Å². The second kappa shape index (κ2) is 5.60. The molecule has 1 N–H and O–H groups in total. The predicted octanol–water partition coefficient (Wildman–Crippen LogP) is 2.43. The third-order valence-electron chi connectivity index (χ3n) is 4.87. The molecule has 0 aromatic heterocycles. The highest BCUT2D eigenvalue weighted by atomic mass is 16.3. The molecule has 18 heavy (non-hydrogen) atoms. The van der Waals surface area contributed by atoms with Gasteiger partial charge in [-0.15, -0.1) is 0 Å². The van der Waals surface area contributed by atoms with E-state index in [1.807, 2.05) is 4.90 Å². The van der Waals surface area contributed by atoms with Gasteiger partial charge in [-0.3, -0.25) is 4.79 Å². The summed E-state index contributed by atoms with van der Waals surface area (Å²) in [5, 5.41) is 9.12. The van der Waals surface area contributed by atoms with Crippen LogP contribution in [0.25, 0.3) is 0 Å². The second-order valence-corrected chi connectivity index (χ2v) is 6.89. The van der Waals surface area contributed by atoms with E-state index in [4.69, 9.17) is 5.11 Å². The molecule has 0 bridgehead atoms. The molecular formula is C15H27NO2. The molecule has 0 spiro atoms. The molecule has 0 unspecified atom stereocenters. The second-order valence-electron chi connectivity index (χ2n) is 6.89. The van der Waals surface area contributed by atoms with Gasteiger partial charge in [0.25, 0.3) is 0 Å². The summed E-state index contributed by atoms with van der Waals surface area (Å²) in [5.74, 6) is 1.06. The summed E-state index contributed by atoms with van der Waals surface area (Å²) >= 11 is 0. The van der Waals surface area contributed by atoms with E-state index in [0.717, 1.165) is 38.8 Å². The Labute approximate surface area is 111 Å². The van der Waals surface area contributed by atoms with E-state index in [-0.39, 0.29) is 12.5 Å². The maximum absolute atomic E-state index is 12.4. The van der Waals surface area contributed by atoms with Gasteiger partial charge in [0.05, 0.1) is 0 Å². The lowest BCUT2D eigenvalue weighted by Crippen LogP contribution is -2.43. The molecule has 0 aromatic rings. The number of aliphatic hydroxyl groups excluding tert-OH is 1. The van der Waals surface area contributed by atoms with Crippen molar-refractivity contribution >= 4 is 5.91 Å². The van der Waals surface area contributed by atoms with Crippen molar-refractivity contribution in [1.82, 2.24) is 4.90 Å². The number of hydrogen-bond donors (Lipinski definition) is 1. The van der Waals surface area contributed by atoms with Crippen LogP contribution in [0, 0.1) is 17.3 Å². The average molecular weight is 253 g/mol. The zero-order chi connectivity index (χ0) is 13.2. The van der Waals surface area contributed by atoms with Crippen LogP contribution in [-0.4, -0.2) is 35.6 Å². The van der Waals surface area contributed by atoms with Crippen molar-refractivity contribution in [3.05, 3.63) is 0 Å². The minimum atomic E-state index is 0.267. The van der Waals surface area contributed by atoms with Crippen molar-refractivity contribution in [1.29, 1.82) is 0 Å². The maximum atomic E-state index is 12.4. The summed E-state index contributed by atoms with van der Waals surface area (Å²) in [6.45, 7) is 6.59. The van der Waals surface area contributed by atoms with Gasteiger partial charge in [-0.05, 0) is 49.9 Å². The van der Waals surface area contributed by atoms with Crippen LogP contribution in [0.3, 0.4) is 0 Å². The van der Waals surface area contributed by atoms with Crippen LogP contribution in [0.5, 0.6) is 0 Å². The number of aliphatic hydroxyl groups is 1. The number of nitrogens with zero attached hydrogens (tertiary/aromatic N) is 1. The van der Waals surface area contributed by atoms with E-state index in [9.17, 15) is 4.79 Å². The van der Waals surface area contributed by atoms with Gasteiger partial charge >= 0.3 is 0 Å². The summed E-state index contributed by atoms with van der Waals surface area (Å²) < 4.78 is 0. The zero-order valence-electron chi connectivity index (χ0n) is 11.8. The Morgan fingerprint density at radius 1 is 1.17 bits per heavy atom. The summed E-state index contributed by atoms with van der Waals surface area (Å²) in [6.07, 6.45) is 6.42. The first-order valence-electron chi connectivity index (χ1n) is 7.41. The van der Waals surface area contributed by atoms with E-state index in [1.165, 1.54) is 12.8 Å². The number of amides is 1. The van der Waals surface area contributed by atoms with E-state index in [0.29, 0.717) is 17.2 Å². The number of carbonyl (C=O) groups excluding carboxylic acids is 1. The van der Waals surface area contributed by atoms with Gasteiger partial charge < -0.3 is 10.0 Å². The first kappa shape index (κ1) is 13.9. The maximum Gasteiger partial charge on any atom is 0.225 e. The van der Waals surface area contributed by atoms with Crippen LogP contribution in [-0.2, 0) is 4.79 Å². The normalized spacial score (nSPS) is 26.3. The molecule has 1 aliphatic carbocycles. The fraction of sp³-hybridized carbons (Fsp3) is 0.933. The molecule has 104 valence electrons. The van der Waals surface area contributed by atoms with Crippen molar-refractivity contribution in [2.75, 3.05) is 19.7 Å². The van der Waals surface area contributed by atoms with Crippen molar-refractivity contribution < 1.29 is 9.90 Å². The fourth-order valence-electron chi connectivity index (χ4n) is 3.24. The van der Waals surface area contributed by atoms with Crippen LogP contribution >= 0.6 is 0 Å².